The van der Waals surface area contributed by atoms with Gasteiger partial charge in [-0.1, -0.05) is 11.8 Å². The first kappa shape index (κ1) is 16.4. The number of nitrogens with zero attached hydrogens (tertiary/aromatic N) is 2. The van der Waals surface area contributed by atoms with E-state index in [1.54, 1.807) is 36.5 Å². The highest BCUT2D eigenvalue weighted by Gasteiger charge is 2.52. The summed E-state index contributed by atoms with van der Waals surface area (Å²) in [6.45, 7) is 0. The van der Waals surface area contributed by atoms with E-state index in [2.05, 4.69) is 20.8 Å². The van der Waals surface area contributed by atoms with Gasteiger partial charge in [0.1, 0.15) is 5.04 Å². The van der Waals surface area contributed by atoms with Crippen molar-refractivity contribution in [2.24, 2.45) is 5.10 Å². The molecule has 2 aliphatic heterocycles. The largest absolute Gasteiger partial charge is 0.481 e. The monoisotopic (exact) mass is 370 g/mol. The van der Waals surface area contributed by atoms with Gasteiger partial charge in [-0.25, -0.2) is 9.78 Å². The number of carbonyl (C=O) groups excluding carboxylic acids is 2. The van der Waals surface area contributed by atoms with Crippen LogP contribution in [0, 0.1) is 0 Å². The summed E-state index contributed by atoms with van der Waals surface area (Å²) in [6.07, 6.45) is 1.61. The van der Waals surface area contributed by atoms with E-state index in [9.17, 15) is 9.59 Å². The molecule has 26 heavy (non-hydrogen) atoms. The summed E-state index contributed by atoms with van der Waals surface area (Å²) >= 11 is 1.26. The second kappa shape index (κ2) is 6.03. The van der Waals surface area contributed by atoms with E-state index in [-0.39, 0.29) is 5.91 Å². The number of thioether (sulfide) groups is 1. The Bertz CT molecular complexity index is 962. The van der Waals surface area contributed by atoms with Crippen molar-refractivity contribution in [2.45, 2.75) is 4.87 Å². The molecule has 8 nitrogen and oxygen atoms in total. The maximum Gasteiger partial charge on any atom is 0.337 e. The molecule has 0 bridgehead atoms. The molecule has 1 aromatic heterocycles. The van der Waals surface area contributed by atoms with Crippen molar-refractivity contribution in [3.63, 3.8) is 0 Å². The third kappa shape index (κ3) is 2.39. The summed E-state index contributed by atoms with van der Waals surface area (Å²) in [4.78, 5) is 27.5. The minimum absolute atomic E-state index is 0.251. The van der Waals surface area contributed by atoms with Crippen LogP contribution in [0.25, 0.3) is 0 Å². The van der Waals surface area contributed by atoms with Crippen molar-refractivity contribution < 1.29 is 19.1 Å². The Morgan fingerprint density at radius 3 is 2.85 bits per heavy atom. The number of hydrogen-bond acceptors (Lipinski definition) is 8. The summed E-state index contributed by atoms with van der Waals surface area (Å²) in [5, 5.41) is 7.78. The first-order valence-electron chi connectivity index (χ1n) is 7.66. The fourth-order valence-electron chi connectivity index (χ4n) is 2.83. The van der Waals surface area contributed by atoms with Crippen molar-refractivity contribution >= 4 is 34.4 Å². The number of ether oxygens (including phenoxy) is 2. The summed E-state index contributed by atoms with van der Waals surface area (Å²) in [5.74, 6) is -0.263. The molecule has 4 rings (SSSR count). The van der Waals surface area contributed by atoms with Gasteiger partial charge >= 0.3 is 5.97 Å². The Balaban J connectivity index is 1.71. The fraction of sp³-hybridized carbons (Fsp3) is 0.176. The smallest absolute Gasteiger partial charge is 0.337 e. The Morgan fingerprint density at radius 1 is 1.23 bits per heavy atom. The normalized spacial score (nSPS) is 20.2. The molecule has 2 aliphatic rings. The number of fused-ring (bicyclic) bond motifs is 2. The van der Waals surface area contributed by atoms with Gasteiger partial charge < -0.3 is 14.8 Å². The lowest BCUT2D eigenvalue weighted by molar-refractivity contribution is -0.118. The highest BCUT2D eigenvalue weighted by molar-refractivity contribution is 8.16. The summed E-state index contributed by atoms with van der Waals surface area (Å²) < 4.78 is 9.91. The average molecular weight is 370 g/mol. The third-order valence-corrected chi connectivity index (χ3v) is 5.47. The van der Waals surface area contributed by atoms with Crippen LogP contribution in [0.15, 0.2) is 41.6 Å². The minimum Gasteiger partial charge on any atom is -0.481 e. The van der Waals surface area contributed by atoms with Crippen LogP contribution in [0.5, 0.6) is 5.88 Å². The van der Waals surface area contributed by atoms with Gasteiger partial charge in [0.05, 0.1) is 19.8 Å². The number of amides is 1. The number of anilines is 1. The zero-order valence-electron chi connectivity index (χ0n) is 13.9. The van der Waals surface area contributed by atoms with Gasteiger partial charge in [0.2, 0.25) is 10.8 Å². The van der Waals surface area contributed by atoms with E-state index in [1.807, 2.05) is 0 Å². The summed E-state index contributed by atoms with van der Waals surface area (Å²) in [7, 11) is 2.85. The highest BCUT2D eigenvalue weighted by atomic mass is 32.2. The molecular weight excluding hydrogens is 356 g/mol. The molecule has 1 atom stereocenters. The number of carbonyl (C=O) groups is 2. The molecule has 0 aliphatic carbocycles. The average Bonchev–Trinajstić information content (AvgIpc) is 3.24. The van der Waals surface area contributed by atoms with Crippen molar-refractivity contribution in [1.29, 1.82) is 0 Å². The van der Waals surface area contributed by atoms with Gasteiger partial charge in [0.15, 0.2) is 0 Å². The number of esters is 1. The van der Waals surface area contributed by atoms with Crippen molar-refractivity contribution in [3.05, 3.63) is 53.2 Å². The third-order valence-electron chi connectivity index (χ3n) is 4.14. The molecule has 9 heteroatoms. The van der Waals surface area contributed by atoms with Gasteiger partial charge in [-0.3, -0.25) is 10.2 Å². The first-order chi connectivity index (χ1) is 12.6. The molecule has 132 valence electrons. The van der Waals surface area contributed by atoms with Crippen LogP contribution in [-0.4, -0.2) is 36.1 Å². The molecule has 2 N–H and O–H groups in total. The Morgan fingerprint density at radius 2 is 2.08 bits per heavy atom. The SMILES string of the molecule is COC(=O)c1ccc2c(c1)C1(NN=C(c3ccnc(OC)c3)S1)C(=O)N2. The van der Waals surface area contributed by atoms with Gasteiger partial charge in [0.25, 0.3) is 5.91 Å². The van der Waals surface area contributed by atoms with Gasteiger partial charge in [-0.05, 0) is 24.3 Å². The molecule has 0 saturated heterocycles. The summed E-state index contributed by atoms with van der Waals surface area (Å²) in [5.41, 5.74) is 5.34. The van der Waals surface area contributed by atoms with Crippen molar-refractivity contribution in [2.75, 3.05) is 19.5 Å². The van der Waals surface area contributed by atoms with Gasteiger partial charge in [0, 0.05) is 29.1 Å². The van der Waals surface area contributed by atoms with E-state index in [4.69, 9.17) is 9.47 Å². The Labute approximate surface area is 153 Å². The number of hydrazone groups is 1. The van der Waals surface area contributed by atoms with Crippen LogP contribution in [0.3, 0.4) is 0 Å². The number of methoxy groups -OCH3 is 2. The van der Waals surface area contributed by atoms with Crippen LogP contribution >= 0.6 is 11.8 Å². The molecule has 1 aromatic carbocycles. The molecule has 1 unspecified atom stereocenters. The number of benzene rings is 1. The number of pyridine rings is 1. The van der Waals surface area contributed by atoms with Gasteiger partial charge in [-0.2, -0.15) is 5.10 Å². The second-order valence-electron chi connectivity index (χ2n) is 5.60. The molecular formula is C17H14N4O4S. The molecule has 0 radical (unpaired) electrons. The number of hydrogen-bond donors (Lipinski definition) is 2. The standard InChI is InChI=1S/C17H14N4O4S/c1-24-13-8-9(5-6-18-13)14-20-21-17(26-14)11-7-10(15(22)25-2)3-4-12(11)19-16(17)23/h3-8,21H,1-2H3,(H,19,23). The lowest BCUT2D eigenvalue weighted by Crippen LogP contribution is -2.39. The maximum absolute atomic E-state index is 12.7. The van der Waals surface area contributed by atoms with Crippen LogP contribution in [0.2, 0.25) is 0 Å². The number of aromatic nitrogens is 1. The zero-order chi connectivity index (χ0) is 18.3. The fourth-order valence-corrected chi connectivity index (χ4v) is 3.97. The Kier molecular flexibility index (Phi) is 3.80. The molecule has 3 heterocycles. The van der Waals surface area contributed by atoms with E-state index in [0.717, 1.165) is 5.56 Å². The predicted molar refractivity (Wildman–Crippen MR) is 96.1 cm³/mol. The first-order valence-corrected chi connectivity index (χ1v) is 8.47. The lowest BCUT2D eigenvalue weighted by atomic mass is 10.0. The van der Waals surface area contributed by atoms with E-state index in [0.29, 0.717) is 27.7 Å². The quantitative estimate of drug-likeness (QED) is 0.793. The van der Waals surface area contributed by atoms with Crippen LogP contribution in [0.4, 0.5) is 5.69 Å². The van der Waals surface area contributed by atoms with Crippen LogP contribution in [0.1, 0.15) is 21.5 Å². The van der Waals surface area contributed by atoms with E-state index >= 15 is 0 Å². The van der Waals surface area contributed by atoms with Gasteiger partial charge in [-0.15, -0.1) is 0 Å². The number of nitrogens with one attached hydrogen (secondary N) is 2. The molecule has 0 fully saturated rings. The second-order valence-corrected chi connectivity index (χ2v) is 6.81. The zero-order valence-corrected chi connectivity index (χ0v) is 14.7. The summed E-state index contributed by atoms with van der Waals surface area (Å²) in [6, 6.07) is 8.46. The lowest BCUT2D eigenvalue weighted by Gasteiger charge is -2.20. The maximum atomic E-state index is 12.7. The highest BCUT2D eigenvalue weighted by Crippen LogP contribution is 2.48. The van der Waals surface area contributed by atoms with Crippen molar-refractivity contribution in [3.8, 4) is 5.88 Å². The number of rotatable bonds is 3. The van der Waals surface area contributed by atoms with E-state index in [1.165, 1.54) is 26.0 Å². The minimum atomic E-state index is -1.13. The van der Waals surface area contributed by atoms with E-state index < -0.39 is 10.8 Å². The predicted octanol–water partition coefficient (Wildman–Crippen LogP) is 1.68. The molecule has 1 spiro atoms. The Hall–Kier alpha value is -3.07. The molecule has 1 amide bonds. The topological polar surface area (TPSA) is 102 Å². The van der Waals surface area contributed by atoms with Crippen molar-refractivity contribution in [1.82, 2.24) is 10.4 Å². The molecule has 2 aromatic rings. The molecule has 0 saturated carbocycles. The van der Waals surface area contributed by atoms with Crippen LogP contribution < -0.4 is 15.5 Å². The van der Waals surface area contributed by atoms with Crippen LogP contribution in [-0.2, 0) is 14.4 Å².